The summed E-state index contributed by atoms with van der Waals surface area (Å²) in [6.45, 7) is 1.48. The van der Waals surface area contributed by atoms with Crippen molar-refractivity contribution in [3.05, 3.63) is 52.9 Å². The molecule has 0 N–H and O–H groups in total. The van der Waals surface area contributed by atoms with E-state index in [0.29, 0.717) is 5.69 Å². The molecule has 0 aliphatic rings. The Morgan fingerprint density at radius 2 is 2.00 bits per heavy atom. The highest BCUT2D eigenvalue weighted by Gasteiger charge is 2.33. The summed E-state index contributed by atoms with van der Waals surface area (Å²) >= 11 is 0. The number of aromatic nitrogens is 1. The Hall–Kier alpha value is -2.31. The van der Waals surface area contributed by atoms with Crippen molar-refractivity contribution in [1.29, 1.82) is 0 Å². The molecule has 0 spiro atoms. The lowest BCUT2D eigenvalue weighted by Crippen LogP contribution is -2.27. The van der Waals surface area contributed by atoms with Crippen LogP contribution in [0.4, 0.5) is 13.2 Å². The average molecular weight is 298 g/mol. The summed E-state index contributed by atoms with van der Waals surface area (Å²) < 4.78 is 43.5. The van der Waals surface area contributed by atoms with Crippen molar-refractivity contribution in [3.63, 3.8) is 0 Å². The first-order chi connectivity index (χ1) is 9.79. The number of benzene rings is 1. The second-order valence-electron chi connectivity index (χ2n) is 4.65. The predicted molar refractivity (Wildman–Crippen MR) is 68.5 cm³/mol. The van der Waals surface area contributed by atoms with Gasteiger partial charge in [-0.25, -0.2) is 0 Å². The Morgan fingerprint density at radius 3 is 2.57 bits per heavy atom. The van der Waals surface area contributed by atoms with Crippen LogP contribution in [0.1, 0.15) is 27.4 Å². The highest BCUT2D eigenvalue weighted by Crippen LogP contribution is 2.32. The van der Waals surface area contributed by atoms with Gasteiger partial charge in [-0.1, -0.05) is 23.4 Å². The number of alkyl halides is 3. The normalized spacial score (nSPS) is 11.5. The smallest absolute Gasteiger partial charge is 0.351 e. The van der Waals surface area contributed by atoms with Gasteiger partial charge in [0.2, 0.25) is 5.76 Å². The van der Waals surface area contributed by atoms with Crippen LogP contribution in [0.25, 0.3) is 0 Å². The summed E-state index contributed by atoms with van der Waals surface area (Å²) in [6, 6.07) is 6.59. The molecule has 21 heavy (non-hydrogen) atoms. The Labute approximate surface area is 119 Å². The van der Waals surface area contributed by atoms with Crippen LogP contribution in [-0.2, 0) is 12.7 Å². The van der Waals surface area contributed by atoms with Gasteiger partial charge in [0.15, 0.2) is 0 Å². The third-order valence-corrected chi connectivity index (χ3v) is 2.92. The molecular weight excluding hydrogens is 285 g/mol. The molecule has 1 heterocycles. The standard InChI is InChI=1S/C14H13F3N2O2/c1-9-7-12(21-18-9)13(20)19(2)8-10-5-3-4-6-11(10)14(15,16)17/h3-7H,8H2,1-2H3. The summed E-state index contributed by atoms with van der Waals surface area (Å²) in [6.07, 6.45) is -4.46. The van der Waals surface area contributed by atoms with Crippen molar-refractivity contribution in [3.8, 4) is 0 Å². The first kappa shape index (κ1) is 15.1. The zero-order valence-electron chi connectivity index (χ0n) is 11.4. The van der Waals surface area contributed by atoms with Crippen molar-refractivity contribution < 1.29 is 22.5 Å². The maximum absolute atomic E-state index is 12.9. The van der Waals surface area contributed by atoms with E-state index in [0.717, 1.165) is 11.0 Å². The Bertz CT molecular complexity index is 650. The lowest BCUT2D eigenvalue weighted by Gasteiger charge is -2.19. The molecule has 0 radical (unpaired) electrons. The van der Waals surface area contributed by atoms with Gasteiger partial charge >= 0.3 is 6.18 Å². The minimum atomic E-state index is -4.46. The number of aryl methyl sites for hydroxylation is 1. The Balaban J connectivity index is 2.20. The molecule has 0 bridgehead atoms. The van der Waals surface area contributed by atoms with E-state index in [9.17, 15) is 18.0 Å². The van der Waals surface area contributed by atoms with E-state index in [1.165, 1.54) is 31.3 Å². The maximum atomic E-state index is 12.9. The van der Waals surface area contributed by atoms with E-state index in [-0.39, 0.29) is 17.9 Å². The van der Waals surface area contributed by atoms with Gasteiger partial charge in [-0.05, 0) is 18.6 Å². The quantitative estimate of drug-likeness (QED) is 0.873. The van der Waals surface area contributed by atoms with Crippen LogP contribution in [0, 0.1) is 6.92 Å². The molecule has 7 heteroatoms. The Morgan fingerprint density at radius 1 is 1.33 bits per heavy atom. The summed E-state index contributed by atoms with van der Waals surface area (Å²) in [5.74, 6) is -0.521. The maximum Gasteiger partial charge on any atom is 0.416 e. The minimum Gasteiger partial charge on any atom is -0.351 e. The van der Waals surface area contributed by atoms with Gasteiger partial charge in [0.25, 0.3) is 5.91 Å². The van der Waals surface area contributed by atoms with Crippen LogP contribution in [0.3, 0.4) is 0 Å². The monoisotopic (exact) mass is 298 g/mol. The van der Waals surface area contributed by atoms with Crippen LogP contribution in [0.15, 0.2) is 34.9 Å². The number of amides is 1. The lowest BCUT2D eigenvalue weighted by atomic mass is 10.1. The van der Waals surface area contributed by atoms with Crippen molar-refractivity contribution in [1.82, 2.24) is 10.1 Å². The largest absolute Gasteiger partial charge is 0.416 e. The zero-order chi connectivity index (χ0) is 15.6. The van der Waals surface area contributed by atoms with E-state index in [2.05, 4.69) is 5.16 Å². The molecule has 0 fully saturated rings. The number of carbonyl (C=O) groups is 1. The fourth-order valence-electron chi connectivity index (χ4n) is 1.91. The van der Waals surface area contributed by atoms with E-state index in [4.69, 9.17) is 4.52 Å². The van der Waals surface area contributed by atoms with E-state index < -0.39 is 17.6 Å². The fraction of sp³-hybridized carbons (Fsp3) is 0.286. The summed E-state index contributed by atoms with van der Waals surface area (Å²) in [5.41, 5.74) is -0.196. The number of rotatable bonds is 3. The van der Waals surface area contributed by atoms with Gasteiger partial charge in [0.05, 0.1) is 11.3 Å². The number of carbonyl (C=O) groups excluding carboxylic acids is 1. The van der Waals surface area contributed by atoms with Gasteiger partial charge in [0.1, 0.15) is 0 Å². The highest BCUT2D eigenvalue weighted by molar-refractivity contribution is 5.91. The van der Waals surface area contributed by atoms with Crippen molar-refractivity contribution in [2.45, 2.75) is 19.6 Å². The van der Waals surface area contributed by atoms with Crippen LogP contribution in [0.5, 0.6) is 0 Å². The minimum absolute atomic E-state index is 0.000472. The number of hydrogen-bond donors (Lipinski definition) is 0. The molecule has 0 unspecified atom stereocenters. The number of halogens is 3. The van der Waals surface area contributed by atoms with Gasteiger partial charge in [0, 0.05) is 19.7 Å². The molecule has 0 aliphatic heterocycles. The van der Waals surface area contributed by atoms with Crippen LogP contribution < -0.4 is 0 Å². The molecule has 1 amide bonds. The topological polar surface area (TPSA) is 46.3 Å². The average Bonchev–Trinajstić information content (AvgIpc) is 2.84. The number of nitrogens with zero attached hydrogens (tertiary/aromatic N) is 2. The molecule has 4 nitrogen and oxygen atoms in total. The van der Waals surface area contributed by atoms with Crippen molar-refractivity contribution in [2.24, 2.45) is 0 Å². The fourth-order valence-corrected chi connectivity index (χ4v) is 1.91. The first-order valence-electron chi connectivity index (χ1n) is 6.13. The second-order valence-corrected chi connectivity index (χ2v) is 4.65. The third-order valence-electron chi connectivity index (χ3n) is 2.92. The summed E-state index contributed by atoms with van der Waals surface area (Å²) in [4.78, 5) is 13.2. The van der Waals surface area contributed by atoms with E-state index in [1.807, 2.05) is 0 Å². The first-order valence-corrected chi connectivity index (χ1v) is 6.13. The van der Waals surface area contributed by atoms with Crippen molar-refractivity contribution in [2.75, 3.05) is 7.05 Å². The SMILES string of the molecule is Cc1cc(C(=O)N(C)Cc2ccccc2C(F)(F)F)on1. The molecule has 2 aromatic rings. The Kier molecular flexibility index (Phi) is 4.02. The molecule has 0 saturated heterocycles. The van der Waals surface area contributed by atoms with Crippen molar-refractivity contribution >= 4 is 5.91 Å². The van der Waals surface area contributed by atoms with Crippen LogP contribution in [0.2, 0.25) is 0 Å². The summed E-state index contributed by atoms with van der Waals surface area (Å²) in [7, 11) is 1.41. The van der Waals surface area contributed by atoms with Crippen LogP contribution >= 0.6 is 0 Å². The van der Waals surface area contributed by atoms with Gasteiger partial charge in [-0.2, -0.15) is 13.2 Å². The van der Waals surface area contributed by atoms with Gasteiger partial charge < -0.3 is 9.42 Å². The number of hydrogen-bond acceptors (Lipinski definition) is 3. The molecular formula is C14H13F3N2O2. The lowest BCUT2D eigenvalue weighted by molar-refractivity contribution is -0.138. The molecule has 1 aromatic carbocycles. The second kappa shape index (κ2) is 5.59. The molecule has 112 valence electrons. The van der Waals surface area contributed by atoms with E-state index >= 15 is 0 Å². The van der Waals surface area contributed by atoms with Gasteiger partial charge in [-0.15, -0.1) is 0 Å². The summed E-state index contributed by atoms with van der Waals surface area (Å²) in [5, 5.41) is 3.58. The van der Waals surface area contributed by atoms with Gasteiger partial charge in [-0.3, -0.25) is 4.79 Å². The zero-order valence-corrected chi connectivity index (χ0v) is 11.4. The molecule has 2 rings (SSSR count). The molecule has 0 saturated carbocycles. The highest BCUT2D eigenvalue weighted by atomic mass is 19.4. The molecule has 1 aromatic heterocycles. The van der Waals surface area contributed by atoms with Crippen LogP contribution in [-0.4, -0.2) is 23.0 Å². The molecule has 0 aliphatic carbocycles. The third kappa shape index (κ3) is 3.42. The predicted octanol–water partition coefficient (Wildman–Crippen LogP) is 3.27. The molecule has 0 atom stereocenters. The van der Waals surface area contributed by atoms with E-state index in [1.54, 1.807) is 6.92 Å².